The maximum atomic E-state index is 12.8. The smallest absolute Gasteiger partial charge is 0.267 e. The fraction of sp³-hybridized carbons (Fsp3) is 0.368. The van der Waals surface area contributed by atoms with Gasteiger partial charge in [0.2, 0.25) is 5.82 Å². The van der Waals surface area contributed by atoms with Crippen LogP contribution in [0.1, 0.15) is 53.8 Å². The lowest BCUT2D eigenvalue weighted by atomic mass is 9.95. The molecule has 1 heterocycles. The topological polar surface area (TPSA) is 81.9 Å². The Morgan fingerprint density at radius 3 is 2.63 bits per heavy atom. The standard InChI is InChI=1S/C19H19BrClN5O/c20-16-12-23-17(11-22)24-18(16)26(15-4-2-1-3-5-15)25-19(27)14-8-6-13(10-21)7-9-14/h6-9,12,15H,1-5,10H2,(H,25,27). The van der Waals surface area contributed by atoms with Gasteiger partial charge < -0.3 is 0 Å². The molecular formula is C19H19BrClN5O. The van der Waals surface area contributed by atoms with E-state index in [1.54, 1.807) is 17.1 Å². The van der Waals surface area contributed by atoms with Crippen molar-refractivity contribution in [3.63, 3.8) is 0 Å². The van der Waals surface area contributed by atoms with Crippen molar-refractivity contribution in [1.82, 2.24) is 15.4 Å². The molecule has 1 aromatic heterocycles. The van der Waals surface area contributed by atoms with E-state index in [4.69, 9.17) is 16.9 Å². The van der Waals surface area contributed by atoms with Gasteiger partial charge in [0.25, 0.3) is 5.91 Å². The van der Waals surface area contributed by atoms with Crippen molar-refractivity contribution in [2.24, 2.45) is 0 Å². The largest absolute Gasteiger partial charge is 0.269 e. The van der Waals surface area contributed by atoms with Crippen LogP contribution in [-0.2, 0) is 5.88 Å². The van der Waals surface area contributed by atoms with Crippen LogP contribution in [0.25, 0.3) is 0 Å². The van der Waals surface area contributed by atoms with E-state index >= 15 is 0 Å². The number of nitriles is 1. The number of alkyl halides is 1. The number of benzene rings is 1. The number of rotatable bonds is 5. The number of carbonyl (C=O) groups is 1. The van der Waals surface area contributed by atoms with Crippen LogP contribution in [0.15, 0.2) is 34.9 Å². The molecule has 1 aliphatic carbocycles. The minimum atomic E-state index is -0.231. The maximum absolute atomic E-state index is 12.8. The van der Waals surface area contributed by atoms with Crippen LogP contribution in [0.4, 0.5) is 5.82 Å². The third-order valence-electron chi connectivity index (χ3n) is 4.59. The number of nitrogens with zero attached hydrogens (tertiary/aromatic N) is 4. The summed E-state index contributed by atoms with van der Waals surface area (Å²) in [4.78, 5) is 21.1. The zero-order valence-electron chi connectivity index (χ0n) is 14.7. The summed E-state index contributed by atoms with van der Waals surface area (Å²) >= 11 is 9.27. The van der Waals surface area contributed by atoms with Crippen LogP contribution in [-0.4, -0.2) is 21.9 Å². The molecule has 1 aromatic carbocycles. The molecule has 1 N–H and O–H groups in total. The van der Waals surface area contributed by atoms with E-state index in [0.717, 1.165) is 31.2 Å². The summed E-state index contributed by atoms with van der Waals surface area (Å²) in [6.07, 6.45) is 6.81. The molecule has 1 saturated carbocycles. The molecular weight excluding hydrogens is 430 g/mol. The molecule has 0 aliphatic heterocycles. The molecule has 0 bridgehead atoms. The predicted octanol–water partition coefficient (Wildman–Crippen LogP) is 4.33. The summed E-state index contributed by atoms with van der Waals surface area (Å²) in [5, 5.41) is 10.9. The van der Waals surface area contributed by atoms with Gasteiger partial charge in [0.15, 0.2) is 5.82 Å². The SMILES string of the molecule is N#Cc1ncc(Br)c(N(NC(=O)c2ccc(CCl)cc2)C2CCCCC2)n1. The molecule has 6 nitrogen and oxygen atoms in total. The van der Waals surface area contributed by atoms with Gasteiger partial charge >= 0.3 is 0 Å². The van der Waals surface area contributed by atoms with Gasteiger partial charge in [-0.1, -0.05) is 31.4 Å². The average Bonchev–Trinajstić information content (AvgIpc) is 2.73. The molecule has 8 heteroatoms. The molecule has 140 valence electrons. The molecule has 1 aliphatic rings. The maximum Gasteiger partial charge on any atom is 0.269 e. The minimum absolute atomic E-state index is 0.0646. The van der Waals surface area contributed by atoms with Gasteiger partial charge in [0, 0.05) is 17.6 Å². The van der Waals surface area contributed by atoms with Gasteiger partial charge in [-0.15, -0.1) is 11.6 Å². The third-order valence-corrected chi connectivity index (χ3v) is 5.45. The number of nitrogens with one attached hydrogen (secondary N) is 1. The molecule has 2 aromatic rings. The van der Waals surface area contributed by atoms with Crippen molar-refractivity contribution in [1.29, 1.82) is 5.26 Å². The van der Waals surface area contributed by atoms with E-state index < -0.39 is 0 Å². The highest BCUT2D eigenvalue weighted by molar-refractivity contribution is 9.10. The second-order valence-electron chi connectivity index (χ2n) is 6.41. The Balaban J connectivity index is 1.90. The number of carbonyl (C=O) groups excluding carboxylic acids is 1. The Morgan fingerprint density at radius 1 is 1.30 bits per heavy atom. The van der Waals surface area contributed by atoms with Crippen LogP contribution < -0.4 is 10.4 Å². The first kappa shape index (κ1) is 19.6. The summed E-state index contributed by atoms with van der Waals surface area (Å²) in [5.41, 5.74) is 4.47. The Hall–Kier alpha value is -2.17. The van der Waals surface area contributed by atoms with Gasteiger partial charge in [0.1, 0.15) is 6.07 Å². The Bertz CT molecular complexity index is 846. The highest BCUT2D eigenvalue weighted by Crippen LogP contribution is 2.29. The normalized spacial score (nSPS) is 14.4. The first-order chi connectivity index (χ1) is 13.1. The average molecular weight is 449 g/mol. The van der Waals surface area contributed by atoms with Crippen molar-refractivity contribution in [2.75, 3.05) is 5.01 Å². The van der Waals surface area contributed by atoms with Crippen molar-refractivity contribution in [2.45, 2.75) is 44.0 Å². The highest BCUT2D eigenvalue weighted by Gasteiger charge is 2.26. The lowest BCUT2D eigenvalue weighted by Gasteiger charge is -2.35. The second kappa shape index (κ2) is 9.16. The number of halogens is 2. The van der Waals surface area contributed by atoms with Crippen LogP contribution in [0.3, 0.4) is 0 Å². The van der Waals surface area contributed by atoms with Crippen molar-refractivity contribution in [3.05, 3.63) is 51.9 Å². The second-order valence-corrected chi connectivity index (χ2v) is 7.53. The zero-order valence-corrected chi connectivity index (χ0v) is 17.0. The van der Waals surface area contributed by atoms with Gasteiger partial charge in [0.05, 0.1) is 10.5 Å². The first-order valence-corrected chi connectivity index (χ1v) is 10.1. The lowest BCUT2D eigenvalue weighted by molar-refractivity contribution is 0.0941. The number of amides is 1. The molecule has 1 amide bonds. The fourth-order valence-corrected chi connectivity index (χ4v) is 3.72. The monoisotopic (exact) mass is 447 g/mol. The predicted molar refractivity (Wildman–Crippen MR) is 107 cm³/mol. The molecule has 0 atom stereocenters. The molecule has 3 rings (SSSR count). The molecule has 0 saturated heterocycles. The minimum Gasteiger partial charge on any atom is -0.267 e. The van der Waals surface area contributed by atoms with Crippen LogP contribution in [0.5, 0.6) is 0 Å². The van der Waals surface area contributed by atoms with Gasteiger partial charge in [-0.2, -0.15) is 10.2 Å². The molecule has 0 unspecified atom stereocenters. The third kappa shape index (κ3) is 4.76. The van der Waals surface area contributed by atoms with Crippen LogP contribution in [0.2, 0.25) is 0 Å². The van der Waals surface area contributed by atoms with Crippen LogP contribution >= 0.6 is 27.5 Å². The van der Waals surface area contributed by atoms with E-state index in [1.807, 2.05) is 18.2 Å². The Kier molecular flexibility index (Phi) is 6.64. The van der Waals surface area contributed by atoms with Crippen molar-refractivity contribution >= 4 is 39.3 Å². The van der Waals surface area contributed by atoms with Gasteiger partial charge in [-0.3, -0.25) is 15.2 Å². The van der Waals surface area contributed by atoms with Crippen LogP contribution in [0, 0.1) is 11.3 Å². The van der Waals surface area contributed by atoms with E-state index in [2.05, 4.69) is 31.3 Å². The number of hydrazine groups is 1. The molecule has 27 heavy (non-hydrogen) atoms. The Labute approximate surface area is 171 Å². The van der Waals surface area contributed by atoms with E-state index in [1.165, 1.54) is 12.6 Å². The fourth-order valence-electron chi connectivity index (χ4n) is 3.16. The van der Waals surface area contributed by atoms with E-state index in [0.29, 0.717) is 21.7 Å². The summed E-state index contributed by atoms with van der Waals surface area (Å²) in [6.45, 7) is 0. The summed E-state index contributed by atoms with van der Waals surface area (Å²) < 4.78 is 0.630. The zero-order chi connectivity index (χ0) is 19.2. The summed E-state index contributed by atoms with van der Waals surface area (Å²) in [7, 11) is 0. The number of aromatic nitrogens is 2. The molecule has 1 fully saturated rings. The van der Waals surface area contributed by atoms with Crippen molar-refractivity contribution in [3.8, 4) is 6.07 Å². The van der Waals surface area contributed by atoms with Gasteiger partial charge in [-0.05, 0) is 46.5 Å². The van der Waals surface area contributed by atoms with E-state index in [9.17, 15) is 4.79 Å². The van der Waals surface area contributed by atoms with E-state index in [-0.39, 0.29) is 17.8 Å². The Morgan fingerprint density at radius 2 is 2.00 bits per heavy atom. The summed E-state index contributed by atoms with van der Waals surface area (Å²) in [6, 6.07) is 9.24. The molecule has 0 radical (unpaired) electrons. The number of anilines is 1. The number of hydrogen-bond donors (Lipinski definition) is 1. The van der Waals surface area contributed by atoms with Crippen molar-refractivity contribution < 1.29 is 4.79 Å². The quantitative estimate of drug-likeness (QED) is 0.544. The summed E-state index contributed by atoms with van der Waals surface area (Å²) in [5.74, 6) is 0.737. The molecule has 0 spiro atoms. The lowest BCUT2D eigenvalue weighted by Crippen LogP contribution is -2.50. The number of hydrogen-bond acceptors (Lipinski definition) is 5. The highest BCUT2D eigenvalue weighted by atomic mass is 79.9. The first-order valence-electron chi connectivity index (χ1n) is 8.80. The van der Waals surface area contributed by atoms with Gasteiger partial charge in [-0.25, -0.2) is 4.98 Å².